The van der Waals surface area contributed by atoms with E-state index in [1.165, 1.54) is 7.11 Å². The van der Waals surface area contributed by atoms with Crippen molar-refractivity contribution in [2.45, 2.75) is 12.8 Å². The number of ether oxygens (including phenoxy) is 2. The maximum Gasteiger partial charge on any atom is 0.325 e. The topological polar surface area (TPSA) is 114 Å². The molecule has 0 aromatic carbocycles. The molecule has 0 saturated carbocycles. The van der Waals surface area contributed by atoms with Gasteiger partial charge in [0.25, 0.3) is 0 Å². The maximum absolute atomic E-state index is 11.4. The van der Waals surface area contributed by atoms with Crippen LogP contribution in [0.3, 0.4) is 0 Å². The Kier molecular flexibility index (Phi) is 5.56. The predicted molar refractivity (Wildman–Crippen MR) is 63.5 cm³/mol. The van der Waals surface area contributed by atoms with E-state index in [4.69, 9.17) is 4.74 Å². The summed E-state index contributed by atoms with van der Waals surface area (Å²) in [7, 11) is 1.21. The van der Waals surface area contributed by atoms with Crippen LogP contribution in [0.25, 0.3) is 0 Å². The molecule has 0 aliphatic carbocycles. The van der Waals surface area contributed by atoms with E-state index in [9.17, 15) is 19.5 Å². The number of rotatable bonds is 5. The van der Waals surface area contributed by atoms with Crippen molar-refractivity contribution in [2.75, 3.05) is 33.4 Å². The summed E-state index contributed by atoms with van der Waals surface area (Å²) in [6.07, 6.45) is 0.694. The van der Waals surface area contributed by atoms with Crippen LogP contribution in [-0.4, -0.2) is 56.5 Å². The first-order chi connectivity index (χ1) is 9.00. The van der Waals surface area contributed by atoms with Gasteiger partial charge in [-0.25, -0.2) is 4.79 Å². The summed E-state index contributed by atoms with van der Waals surface area (Å²) in [5.74, 6) is -1.53. The fourth-order valence-electron chi connectivity index (χ4n) is 1.76. The minimum Gasteiger partial charge on any atom is -0.481 e. The third kappa shape index (κ3) is 4.40. The zero-order chi connectivity index (χ0) is 14.3. The molecule has 8 heteroatoms. The van der Waals surface area contributed by atoms with Gasteiger partial charge in [0.1, 0.15) is 6.54 Å². The fraction of sp³-hybridized carbons (Fsp3) is 0.727. The number of hydrogen-bond acceptors (Lipinski definition) is 5. The van der Waals surface area contributed by atoms with Gasteiger partial charge in [-0.2, -0.15) is 0 Å². The lowest BCUT2D eigenvalue weighted by Crippen LogP contribution is -2.49. The Bertz CT molecular complexity index is 351. The minimum atomic E-state index is -0.999. The number of carbonyl (C=O) groups is 3. The highest BCUT2D eigenvalue weighted by molar-refractivity contribution is 5.81. The lowest BCUT2D eigenvalue weighted by Gasteiger charge is -2.33. The Morgan fingerprint density at radius 1 is 1.26 bits per heavy atom. The molecule has 0 aromatic rings. The summed E-state index contributed by atoms with van der Waals surface area (Å²) in [6.45, 7) is 0.458. The second-order valence-corrected chi connectivity index (χ2v) is 4.31. The van der Waals surface area contributed by atoms with E-state index in [-0.39, 0.29) is 13.1 Å². The van der Waals surface area contributed by atoms with Crippen LogP contribution in [0.2, 0.25) is 0 Å². The SMILES string of the molecule is COC(=O)CNC(=O)NCC1(C(=O)O)CCOCC1. The normalized spacial score (nSPS) is 17.3. The van der Waals surface area contributed by atoms with Crippen LogP contribution in [0, 0.1) is 5.41 Å². The molecule has 1 aliphatic rings. The molecule has 0 bridgehead atoms. The molecule has 2 amide bonds. The highest BCUT2D eigenvalue weighted by atomic mass is 16.5. The molecule has 0 aromatic heterocycles. The third-order valence-electron chi connectivity index (χ3n) is 3.11. The highest BCUT2D eigenvalue weighted by Crippen LogP contribution is 2.29. The zero-order valence-corrected chi connectivity index (χ0v) is 10.7. The number of esters is 1. The lowest BCUT2D eigenvalue weighted by atomic mass is 9.80. The molecule has 3 N–H and O–H groups in total. The number of hydrogen-bond donors (Lipinski definition) is 3. The average molecular weight is 274 g/mol. The molecule has 1 heterocycles. The predicted octanol–water partition coefficient (Wildman–Crippen LogP) is -0.660. The Hall–Kier alpha value is -1.83. The maximum atomic E-state index is 11.4. The van der Waals surface area contributed by atoms with Gasteiger partial charge < -0.3 is 25.2 Å². The molecule has 1 saturated heterocycles. The van der Waals surface area contributed by atoms with E-state index in [2.05, 4.69) is 15.4 Å². The van der Waals surface area contributed by atoms with Crippen molar-refractivity contribution in [3.63, 3.8) is 0 Å². The number of carboxylic acid groups (broad SMARTS) is 1. The monoisotopic (exact) mass is 274 g/mol. The van der Waals surface area contributed by atoms with Gasteiger partial charge in [-0.05, 0) is 12.8 Å². The number of carboxylic acids is 1. The first-order valence-electron chi connectivity index (χ1n) is 5.90. The van der Waals surface area contributed by atoms with Crippen LogP contribution in [0.4, 0.5) is 4.79 Å². The van der Waals surface area contributed by atoms with Gasteiger partial charge in [0.2, 0.25) is 0 Å². The van der Waals surface area contributed by atoms with Gasteiger partial charge in [0, 0.05) is 19.8 Å². The summed E-state index contributed by atoms with van der Waals surface area (Å²) in [5, 5.41) is 14.0. The molecular formula is C11H18N2O6. The molecule has 19 heavy (non-hydrogen) atoms. The van der Waals surface area contributed by atoms with Gasteiger partial charge in [-0.1, -0.05) is 0 Å². The standard InChI is InChI=1S/C11H18N2O6/c1-18-8(14)6-12-10(17)13-7-11(9(15)16)2-4-19-5-3-11/h2-7H2,1H3,(H,15,16)(H2,12,13,17). The number of carbonyl (C=O) groups excluding carboxylic acids is 2. The van der Waals surface area contributed by atoms with Gasteiger partial charge in [-0.3, -0.25) is 9.59 Å². The average Bonchev–Trinajstić information content (AvgIpc) is 2.43. The zero-order valence-electron chi connectivity index (χ0n) is 10.7. The van der Waals surface area contributed by atoms with Crippen molar-refractivity contribution >= 4 is 18.0 Å². The van der Waals surface area contributed by atoms with Crippen LogP contribution in [0.1, 0.15) is 12.8 Å². The minimum absolute atomic E-state index is 0.00129. The van der Waals surface area contributed by atoms with Crippen molar-refractivity contribution < 1.29 is 29.0 Å². The number of methoxy groups -OCH3 is 1. The summed E-state index contributed by atoms with van der Waals surface area (Å²) >= 11 is 0. The molecule has 0 atom stereocenters. The highest BCUT2D eigenvalue weighted by Gasteiger charge is 2.40. The quantitative estimate of drug-likeness (QED) is 0.573. The van der Waals surface area contributed by atoms with Crippen LogP contribution >= 0.6 is 0 Å². The van der Waals surface area contributed by atoms with E-state index < -0.39 is 23.4 Å². The summed E-state index contributed by atoms with van der Waals surface area (Å²) in [6, 6.07) is -0.600. The Morgan fingerprint density at radius 3 is 2.42 bits per heavy atom. The van der Waals surface area contributed by atoms with E-state index in [0.717, 1.165) is 0 Å². The molecule has 8 nitrogen and oxygen atoms in total. The molecule has 0 unspecified atom stereocenters. The molecule has 0 radical (unpaired) electrons. The largest absolute Gasteiger partial charge is 0.481 e. The van der Waals surface area contributed by atoms with E-state index in [1.807, 2.05) is 0 Å². The van der Waals surface area contributed by atoms with Gasteiger partial charge >= 0.3 is 18.0 Å². The Labute approximate surface area is 110 Å². The van der Waals surface area contributed by atoms with Gasteiger partial charge in [-0.15, -0.1) is 0 Å². The van der Waals surface area contributed by atoms with Crippen molar-refractivity contribution in [2.24, 2.45) is 5.41 Å². The molecule has 1 aliphatic heterocycles. The van der Waals surface area contributed by atoms with Gasteiger partial charge in [0.15, 0.2) is 0 Å². The first-order valence-corrected chi connectivity index (χ1v) is 5.90. The summed E-state index contributed by atoms with van der Waals surface area (Å²) in [5.41, 5.74) is -0.999. The molecule has 1 rings (SSSR count). The number of amides is 2. The summed E-state index contributed by atoms with van der Waals surface area (Å²) in [4.78, 5) is 33.5. The Morgan fingerprint density at radius 2 is 1.89 bits per heavy atom. The smallest absolute Gasteiger partial charge is 0.325 e. The second-order valence-electron chi connectivity index (χ2n) is 4.31. The summed E-state index contributed by atoms with van der Waals surface area (Å²) < 4.78 is 9.48. The molecular weight excluding hydrogens is 256 g/mol. The van der Waals surface area contributed by atoms with Crippen molar-refractivity contribution in [3.05, 3.63) is 0 Å². The van der Waals surface area contributed by atoms with E-state index in [0.29, 0.717) is 26.1 Å². The molecule has 108 valence electrons. The lowest BCUT2D eigenvalue weighted by molar-refractivity contribution is -0.154. The fourth-order valence-corrected chi connectivity index (χ4v) is 1.76. The molecule has 1 fully saturated rings. The first kappa shape index (κ1) is 15.2. The van der Waals surface area contributed by atoms with Gasteiger partial charge in [0.05, 0.1) is 12.5 Å². The van der Waals surface area contributed by atoms with Crippen LogP contribution in [0.5, 0.6) is 0 Å². The Balaban J connectivity index is 2.41. The van der Waals surface area contributed by atoms with E-state index in [1.54, 1.807) is 0 Å². The van der Waals surface area contributed by atoms with Crippen LogP contribution < -0.4 is 10.6 Å². The van der Waals surface area contributed by atoms with Crippen molar-refractivity contribution in [1.29, 1.82) is 0 Å². The number of urea groups is 1. The number of nitrogens with one attached hydrogen (secondary N) is 2. The van der Waals surface area contributed by atoms with Crippen molar-refractivity contribution in [3.8, 4) is 0 Å². The molecule has 0 spiro atoms. The van der Waals surface area contributed by atoms with E-state index >= 15 is 0 Å². The second kappa shape index (κ2) is 6.93. The van der Waals surface area contributed by atoms with Crippen LogP contribution in [-0.2, 0) is 19.1 Å². The number of aliphatic carboxylic acids is 1. The third-order valence-corrected chi connectivity index (χ3v) is 3.11. The van der Waals surface area contributed by atoms with Crippen molar-refractivity contribution in [1.82, 2.24) is 10.6 Å². The van der Waals surface area contributed by atoms with Crippen LogP contribution in [0.15, 0.2) is 0 Å².